The summed E-state index contributed by atoms with van der Waals surface area (Å²) in [4.78, 5) is 21.3. The zero-order chi connectivity index (χ0) is 20.5. The molecule has 3 N–H and O–H groups in total. The standard InChI is InChI=1S/C23H22ClN5O/c24-19-13-25-23-27-17-6-1-3-14(11-17)7-8-16-12-18(26-21(19)29-23)9-10-20(16)28-22(30)15-4-2-5-15/h1,3,6,9-13,15H,2,4-5,7-8H2,(H,28,30)(H2,25,26,27,29). The second-order valence-electron chi connectivity index (χ2n) is 7.83. The first-order valence-electron chi connectivity index (χ1n) is 10.2. The lowest BCUT2D eigenvalue weighted by Crippen LogP contribution is -2.28. The van der Waals surface area contributed by atoms with Gasteiger partial charge in [0.2, 0.25) is 11.9 Å². The first-order valence-corrected chi connectivity index (χ1v) is 10.6. The number of anilines is 5. The van der Waals surface area contributed by atoms with Crippen molar-refractivity contribution in [1.29, 1.82) is 0 Å². The number of fused-ring (bicyclic) bond motifs is 6. The van der Waals surface area contributed by atoms with E-state index in [4.69, 9.17) is 11.6 Å². The molecule has 6 bridgehead atoms. The molecule has 5 rings (SSSR count). The van der Waals surface area contributed by atoms with Crippen LogP contribution in [0.2, 0.25) is 5.02 Å². The summed E-state index contributed by atoms with van der Waals surface area (Å²) in [6, 6.07) is 14.2. The van der Waals surface area contributed by atoms with Gasteiger partial charge in [0, 0.05) is 23.0 Å². The molecule has 1 aliphatic heterocycles. The number of benzene rings is 2. The molecule has 1 aliphatic carbocycles. The second-order valence-corrected chi connectivity index (χ2v) is 8.24. The van der Waals surface area contributed by atoms with Crippen LogP contribution in [-0.2, 0) is 17.6 Å². The topological polar surface area (TPSA) is 78.9 Å². The van der Waals surface area contributed by atoms with E-state index in [1.165, 1.54) is 5.56 Å². The van der Waals surface area contributed by atoms with Gasteiger partial charge in [-0.3, -0.25) is 4.79 Å². The Hall–Kier alpha value is -3.12. The number of aryl methyl sites for hydroxylation is 2. The summed E-state index contributed by atoms with van der Waals surface area (Å²) >= 11 is 6.32. The fourth-order valence-corrected chi connectivity index (χ4v) is 3.91. The van der Waals surface area contributed by atoms with Gasteiger partial charge in [0.15, 0.2) is 5.82 Å². The molecule has 0 unspecified atom stereocenters. The molecule has 1 aromatic heterocycles. The third-order valence-corrected chi connectivity index (χ3v) is 5.99. The fraction of sp³-hybridized carbons (Fsp3) is 0.261. The van der Waals surface area contributed by atoms with Crippen molar-refractivity contribution in [2.45, 2.75) is 32.1 Å². The van der Waals surface area contributed by atoms with E-state index in [0.717, 1.165) is 54.7 Å². The van der Waals surface area contributed by atoms with Crippen LogP contribution in [0.25, 0.3) is 0 Å². The van der Waals surface area contributed by atoms with Gasteiger partial charge < -0.3 is 16.0 Å². The predicted molar refractivity (Wildman–Crippen MR) is 120 cm³/mol. The lowest BCUT2D eigenvalue weighted by atomic mass is 9.84. The zero-order valence-electron chi connectivity index (χ0n) is 16.4. The molecule has 0 atom stereocenters. The summed E-state index contributed by atoms with van der Waals surface area (Å²) in [5, 5.41) is 10.1. The minimum Gasteiger partial charge on any atom is -0.339 e. The van der Waals surface area contributed by atoms with Crippen molar-refractivity contribution < 1.29 is 4.79 Å². The Morgan fingerprint density at radius 3 is 2.77 bits per heavy atom. The molecule has 1 fully saturated rings. The first kappa shape index (κ1) is 18.9. The molecule has 0 saturated heterocycles. The second kappa shape index (κ2) is 7.95. The maximum absolute atomic E-state index is 12.5. The van der Waals surface area contributed by atoms with Crippen molar-refractivity contribution in [2.75, 3.05) is 16.0 Å². The van der Waals surface area contributed by atoms with E-state index in [9.17, 15) is 4.79 Å². The minimum absolute atomic E-state index is 0.121. The number of carbonyl (C=O) groups excluding carboxylic acids is 1. The first-order chi connectivity index (χ1) is 14.6. The Balaban J connectivity index is 1.53. The van der Waals surface area contributed by atoms with E-state index in [0.29, 0.717) is 16.8 Å². The molecule has 2 heterocycles. The van der Waals surface area contributed by atoms with Crippen molar-refractivity contribution in [3.05, 3.63) is 64.8 Å². The highest BCUT2D eigenvalue weighted by molar-refractivity contribution is 6.32. The minimum atomic E-state index is 0.121. The molecule has 1 saturated carbocycles. The van der Waals surface area contributed by atoms with Gasteiger partial charge in [-0.15, -0.1) is 0 Å². The van der Waals surface area contributed by atoms with E-state index in [-0.39, 0.29) is 11.8 Å². The third-order valence-electron chi connectivity index (χ3n) is 5.71. The van der Waals surface area contributed by atoms with Gasteiger partial charge in [-0.25, -0.2) is 4.98 Å². The highest BCUT2D eigenvalue weighted by atomic mass is 35.5. The normalized spacial score (nSPS) is 15.4. The summed E-state index contributed by atoms with van der Waals surface area (Å²) in [7, 11) is 0. The highest BCUT2D eigenvalue weighted by Gasteiger charge is 2.25. The van der Waals surface area contributed by atoms with Crippen LogP contribution in [0.3, 0.4) is 0 Å². The number of nitrogens with zero attached hydrogens (tertiary/aromatic N) is 2. The van der Waals surface area contributed by atoms with E-state index in [2.05, 4.69) is 44.1 Å². The lowest BCUT2D eigenvalue weighted by Gasteiger charge is -2.25. The van der Waals surface area contributed by atoms with Crippen molar-refractivity contribution in [2.24, 2.45) is 5.92 Å². The predicted octanol–water partition coefficient (Wildman–Crippen LogP) is 5.45. The van der Waals surface area contributed by atoms with Gasteiger partial charge in [0.25, 0.3) is 0 Å². The van der Waals surface area contributed by atoms with Gasteiger partial charge in [0.1, 0.15) is 5.02 Å². The molecular formula is C23H22ClN5O. The molecule has 2 aliphatic rings. The average molecular weight is 420 g/mol. The van der Waals surface area contributed by atoms with E-state index >= 15 is 0 Å². The Labute approximate surface area is 180 Å². The van der Waals surface area contributed by atoms with Gasteiger partial charge in [-0.2, -0.15) is 4.98 Å². The number of hydrogen-bond acceptors (Lipinski definition) is 5. The van der Waals surface area contributed by atoms with Gasteiger partial charge in [-0.1, -0.05) is 30.2 Å². The van der Waals surface area contributed by atoms with Crippen LogP contribution in [0.15, 0.2) is 48.7 Å². The summed E-state index contributed by atoms with van der Waals surface area (Å²) in [6.45, 7) is 0. The number of halogens is 1. The Bertz CT molecular complexity index is 1110. The molecule has 2 aromatic carbocycles. The zero-order valence-corrected chi connectivity index (χ0v) is 17.2. The van der Waals surface area contributed by atoms with E-state index in [1.54, 1.807) is 6.20 Å². The maximum atomic E-state index is 12.5. The van der Waals surface area contributed by atoms with Gasteiger partial charge in [-0.05, 0) is 67.1 Å². The number of amides is 1. The molecule has 3 aromatic rings. The van der Waals surface area contributed by atoms with Gasteiger partial charge in [0.05, 0.1) is 6.20 Å². The summed E-state index contributed by atoms with van der Waals surface area (Å²) in [5.41, 5.74) is 4.93. The molecule has 152 valence electrons. The molecule has 0 radical (unpaired) electrons. The summed E-state index contributed by atoms with van der Waals surface area (Å²) < 4.78 is 0. The van der Waals surface area contributed by atoms with Crippen LogP contribution < -0.4 is 16.0 Å². The molecular weight excluding hydrogens is 398 g/mol. The maximum Gasteiger partial charge on any atom is 0.229 e. The van der Waals surface area contributed by atoms with Crippen LogP contribution in [-0.4, -0.2) is 15.9 Å². The van der Waals surface area contributed by atoms with Crippen molar-refractivity contribution in [3.8, 4) is 0 Å². The number of hydrogen-bond donors (Lipinski definition) is 3. The van der Waals surface area contributed by atoms with Gasteiger partial charge >= 0.3 is 0 Å². The van der Waals surface area contributed by atoms with Crippen LogP contribution in [0, 0.1) is 5.92 Å². The van der Waals surface area contributed by atoms with Crippen LogP contribution in [0.1, 0.15) is 30.4 Å². The third kappa shape index (κ3) is 3.96. The number of aromatic nitrogens is 2. The number of nitrogens with one attached hydrogen (secondary N) is 3. The summed E-state index contributed by atoms with van der Waals surface area (Å²) in [5.74, 6) is 1.27. The Kier molecular flexibility index (Phi) is 5.01. The van der Waals surface area contributed by atoms with E-state index < -0.39 is 0 Å². The quantitative estimate of drug-likeness (QED) is 0.514. The molecule has 1 amide bonds. The molecule has 7 heteroatoms. The number of carbonyl (C=O) groups is 1. The van der Waals surface area contributed by atoms with E-state index in [1.807, 2.05) is 24.3 Å². The Morgan fingerprint density at radius 1 is 1.07 bits per heavy atom. The van der Waals surface area contributed by atoms with Crippen LogP contribution >= 0.6 is 11.6 Å². The molecule has 30 heavy (non-hydrogen) atoms. The average Bonchev–Trinajstić information content (AvgIpc) is 2.69. The van der Waals surface area contributed by atoms with Crippen molar-refractivity contribution in [1.82, 2.24) is 9.97 Å². The monoisotopic (exact) mass is 419 g/mol. The van der Waals surface area contributed by atoms with Crippen molar-refractivity contribution in [3.63, 3.8) is 0 Å². The van der Waals surface area contributed by atoms with Crippen LogP contribution in [0.5, 0.6) is 0 Å². The lowest BCUT2D eigenvalue weighted by molar-refractivity contribution is -0.122. The van der Waals surface area contributed by atoms with Crippen LogP contribution in [0.4, 0.5) is 28.8 Å². The largest absolute Gasteiger partial charge is 0.339 e. The van der Waals surface area contributed by atoms with Crippen molar-refractivity contribution >= 4 is 46.3 Å². The smallest absolute Gasteiger partial charge is 0.229 e. The molecule has 6 nitrogen and oxygen atoms in total. The highest BCUT2D eigenvalue weighted by Crippen LogP contribution is 2.31. The SMILES string of the molecule is O=C(Nc1ccc2cc1CCc1cccc(c1)Nc1ncc(Cl)c(n1)N2)C1CCC1. The summed E-state index contributed by atoms with van der Waals surface area (Å²) in [6.07, 6.45) is 6.34. The Morgan fingerprint density at radius 2 is 1.93 bits per heavy atom. The molecule has 0 spiro atoms. The number of rotatable bonds is 2. The fourth-order valence-electron chi connectivity index (χ4n) is 3.77.